The molecular weight excluding hydrogens is 520 g/mol. The Kier molecular flexibility index (Phi) is 7.64. The van der Waals surface area contributed by atoms with E-state index in [1.807, 2.05) is 60.0 Å². The van der Waals surface area contributed by atoms with E-state index in [2.05, 4.69) is 26.6 Å². The molecule has 0 spiro atoms. The molecule has 2 aromatic carbocycles. The third-order valence-corrected chi connectivity index (χ3v) is 7.24. The smallest absolute Gasteiger partial charge is 0.407 e. The van der Waals surface area contributed by atoms with Crippen molar-refractivity contribution in [2.75, 3.05) is 6.61 Å². The largest absolute Gasteiger partial charge is 0.481 e. The Morgan fingerprint density at radius 1 is 1.06 bits per heavy atom. The first kappa shape index (κ1) is 24.0. The molecule has 1 aliphatic carbocycles. The van der Waals surface area contributed by atoms with Gasteiger partial charge in [-0.3, -0.25) is 9.59 Å². The van der Waals surface area contributed by atoms with Crippen LogP contribution >= 0.6 is 27.3 Å². The first-order valence-corrected chi connectivity index (χ1v) is 12.4. The average Bonchev–Trinajstić information content (AvgIpc) is 3.39. The normalized spacial score (nSPS) is 13.0. The maximum atomic E-state index is 12.7. The Morgan fingerprint density at radius 3 is 2.29 bits per heavy atom. The number of aliphatic carboxylic acids is 1. The summed E-state index contributed by atoms with van der Waals surface area (Å²) in [5, 5.41) is 16.2. The molecule has 0 saturated heterocycles. The Balaban J connectivity index is 1.38. The van der Waals surface area contributed by atoms with E-state index in [1.165, 1.54) is 11.3 Å². The summed E-state index contributed by atoms with van der Waals surface area (Å²) >= 11 is 4.87. The van der Waals surface area contributed by atoms with Crippen LogP contribution in [0.5, 0.6) is 0 Å². The minimum Gasteiger partial charge on any atom is -0.481 e. The van der Waals surface area contributed by atoms with Crippen molar-refractivity contribution in [1.82, 2.24) is 10.6 Å². The number of benzene rings is 2. The van der Waals surface area contributed by atoms with Crippen LogP contribution in [0.3, 0.4) is 0 Å². The lowest BCUT2D eigenvalue weighted by Crippen LogP contribution is -2.47. The predicted molar refractivity (Wildman–Crippen MR) is 133 cm³/mol. The van der Waals surface area contributed by atoms with E-state index in [-0.39, 0.29) is 31.9 Å². The number of amides is 2. The van der Waals surface area contributed by atoms with Crippen molar-refractivity contribution < 1.29 is 24.2 Å². The number of rotatable bonds is 9. The van der Waals surface area contributed by atoms with E-state index in [0.29, 0.717) is 0 Å². The number of carboxylic acid groups (broad SMARTS) is 1. The van der Waals surface area contributed by atoms with E-state index in [4.69, 9.17) is 9.84 Å². The summed E-state index contributed by atoms with van der Waals surface area (Å²) in [6, 6.07) is 16.9. The predicted octanol–water partition coefficient (Wildman–Crippen LogP) is 4.90. The van der Waals surface area contributed by atoms with E-state index in [9.17, 15) is 14.4 Å². The quantitative estimate of drug-likeness (QED) is 0.356. The molecule has 0 bridgehead atoms. The second kappa shape index (κ2) is 10.8. The van der Waals surface area contributed by atoms with Crippen LogP contribution in [0.25, 0.3) is 11.1 Å². The van der Waals surface area contributed by atoms with E-state index in [1.54, 1.807) is 0 Å². The molecule has 0 aliphatic heterocycles. The summed E-state index contributed by atoms with van der Waals surface area (Å²) < 4.78 is 6.45. The minimum atomic E-state index is -1.05. The van der Waals surface area contributed by atoms with Crippen molar-refractivity contribution in [3.8, 4) is 11.1 Å². The molecule has 176 valence electrons. The molecule has 1 aliphatic rings. The lowest BCUT2D eigenvalue weighted by molar-refractivity contribution is -0.137. The molecular formula is C25H23BrN2O5S. The van der Waals surface area contributed by atoms with Crippen LogP contribution in [0.1, 0.15) is 35.4 Å². The van der Waals surface area contributed by atoms with Gasteiger partial charge in [-0.05, 0) is 61.6 Å². The number of alkyl carbamates (subject to hydrolysis) is 1. The number of hydrogen-bond donors (Lipinski definition) is 3. The van der Waals surface area contributed by atoms with Gasteiger partial charge in [0, 0.05) is 18.9 Å². The molecule has 3 N–H and O–H groups in total. The van der Waals surface area contributed by atoms with Crippen LogP contribution in [0.15, 0.2) is 63.8 Å². The third-order valence-electron chi connectivity index (χ3n) is 5.69. The van der Waals surface area contributed by atoms with Crippen LogP contribution < -0.4 is 10.6 Å². The van der Waals surface area contributed by atoms with Crippen LogP contribution in [0, 0.1) is 0 Å². The SMILES string of the molecule is O=C(O)CCC(NC(=O)OCC1c2ccccc2-c2ccccc21)C(=O)NCc1csc(Br)c1. The maximum absolute atomic E-state index is 12.7. The molecule has 34 heavy (non-hydrogen) atoms. The highest BCUT2D eigenvalue weighted by atomic mass is 79.9. The van der Waals surface area contributed by atoms with E-state index in [0.717, 1.165) is 31.6 Å². The Bertz CT molecular complexity index is 1170. The van der Waals surface area contributed by atoms with E-state index < -0.39 is 24.0 Å². The minimum absolute atomic E-state index is 0.0430. The summed E-state index contributed by atoms with van der Waals surface area (Å²) in [4.78, 5) is 36.3. The summed E-state index contributed by atoms with van der Waals surface area (Å²) in [6.07, 6.45) is -1.06. The van der Waals surface area contributed by atoms with Crippen molar-refractivity contribution in [2.24, 2.45) is 0 Å². The van der Waals surface area contributed by atoms with Gasteiger partial charge in [0.25, 0.3) is 0 Å². The number of ether oxygens (including phenoxy) is 1. The number of hydrogen-bond acceptors (Lipinski definition) is 5. The average molecular weight is 543 g/mol. The second-order valence-electron chi connectivity index (χ2n) is 7.93. The molecule has 7 nitrogen and oxygen atoms in total. The van der Waals surface area contributed by atoms with Gasteiger partial charge >= 0.3 is 12.1 Å². The van der Waals surface area contributed by atoms with Gasteiger partial charge in [0.05, 0.1) is 3.79 Å². The fourth-order valence-corrected chi connectivity index (χ4v) is 5.28. The first-order valence-electron chi connectivity index (χ1n) is 10.8. The van der Waals surface area contributed by atoms with Crippen LogP contribution in [-0.4, -0.2) is 35.7 Å². The van der Waals surface area contributed by atoms with Gasteiger partial charge in [-0.25, -0.2) is 4.79 Å². The molecule has 1 unspecified atom stereocenters. The molecule has 2 amide bonds. The summed E-state index contributed by atoms with van der Waals surface area (Å²) in [5.74, 6) is -1.62. The Labute approximate surface area is 209 Å². The van der Waals surface area contributed by atoms with Crippen molar-refractivity contribution in [3.63, 3.8) is 0 Å². The fraction of sp³-hybridized carbons (Fsp3) is 0.240. The van der Waals surface area contributed by atoms with Crippen LogP contribution in [-0.2, 0) is 20.9 Å². The summed E-state index contributed by atoms with van der Waals surface area (Å²) in [7, 11) is 0. The Hall–Kier alpha value is -3.17. The zero-order valence-corrected chi connectivity index (χ0v) is 20.5. The summed E-state index contributed by atoms with van der Waals surface area (Å²) in [6.45, 7) is 0.382. The van der Waals surface area contributed by atoms with Gasteiger partial charge in [-0.2, -0.15) is 0 Å². The highest BCUT2D eigenvalue weighted by Gasteiger charge is 2.30. The molecule has 1 atom stereocenters. The molecule has 0 saturated carbocycles. The summed E-state index contributed by atoms with van der Waals surface area (Å²) in [5.41, 5.74) is 5.30. The number of carbonyl (C=O) groups is 3. The van der Waals surface area contributed by atoms with Crippen LogP contribution in [0.2, 0.25) is 0 Å². The molecule has 0 fully saturated rings. The standard InChI is InChI=1S/C25H23BrN2O5S/c26-22-11-15(14-34-22)12-27-24(31)21(9-10-23(29)30)28-25(32)33-13-20-18-7-3-1-5-16(18)17-6-2-4-8-19(17)20/h1-8,11,14,20-21H,9-10,12-13H2,(H,27,31)(H,28,32)(H,29,30). The molecule has 0 radical (unpaired) electrons. The van der Waals surface area contributed by atoms with Crippen molar-refractivity contribution in [1.29, 1.82) is 0 Å². The highest BCUT2D eigenvalue weighted by molar-refractivity contribution is 9.11. The number of carboxylic acids is 1. The van der Waals surface area contributed by atoms with Crippen molar-refractivity contribution >= 4 is 45.2 Å². The third kappa shape index (κ3) is 5.66. The number of thiophene rings is 1. The zero-order chi connectivity index (χ0) is 24.1. The van der Waals surface area contributed by atoms with Crippen LogP contribution in [0.4, 0.5) is 4.79 Å². The number of nitrogens with one attached hydrogen (secondary N) is 2. The number of halogens is 1. The number of carbonyl (C=O) groups excluding carboxylic acids is 2. The highest BCUT2D eigenvalue weighted by Crippen LogP contribution is 2.44. The first-order chi connectivity index (χ1) is 16.4. The monoisotopic (exact) mass is 542 g/mol. The van der Waals surface area contributed by atoms with Gasteiger partial charge in [-0.15, -0.1) is 11.3 Å². The van der Waals surface area contributed by atoms with E-state index >= 15 is 0 Å². The Morgan fingerprint density at radius 2 is 1.71 bits per heavy atom. The molecule has 3 aromatic rings. The number of fused-ring (bicyclic) bond motifs is 3. The van der Waals surface area contributed by atoms with Gasteiger partial charge in [0.1, 0.15) is 12.6 Å². The zero-order valence-electron chi connectivity index (χ0n) is 18.1. The van der Waals surface area contributed by atoms with Gasteiger partial charge in [0.2, 0.25) is 5.91 Å². The molecule has 1 heterocycles. The molecule has 1 aromatic heterocycles. The van der Waals surface area contributed by atoms with Crippen molar-refractivity contribution in [3.05, 3.63) is 80.5 Å². The fourth-order valence-electron chi connectivity index (χ4n) is 4.07. The molecule has 9 heteroatoms. The lowest BCUT2D eigenvalue weighted by Gasteiger charge is -2.19. The van der Waals surface area contributed by atoms with Gasteiger partial charge in [-0.1, -0.05) is 48.5 Å². The van der Waals surface area contributed by atoms with Crippen molar-refractivity contribution in [2.45, 2.75) is 31.3 Å². The van der Waals surface area contributed by atoms with Gasteiger partial charge < -0.3 is 20.5 Å². The molecule has 4 rings (SSSR count). The maximum Gasteiger partial charge on any atom is 0.407 e. The lowest BCUT2D eigenvalue weighted by atomic mass is 9.98. The van der Waals surface area contributed by atoms with Gasteiger partial charge in [0.15, 0.2) is 0 Å². The topological polar surface area (TPSA) is 105 Å². The second-order valence-corrected chi connectivity index (χ2v) is 10.2.